The Hall–Kier alpha value is -6.14. The summed E-state index contributed by atoms with van der Waals surface area (Å²) in [4.78, 5) is 19.2. The van der Waals surface area contributed by atoms with Crippen molar-refractivity contribution < 1.29 is 0 Å². The van der Waals surface area contributed by atoms with Crippen LogP contribution in [0.3, 0.4) is 0 Å². The van der Waals surface area contributed by atoms with Gasteiger partial charge in [0.15, 0.2) is 0 Å². The van der Waals surface area contributed by atoms with Crippen molar-refractivity contribution >= 4 is 45.5 Å². The molecule has 0 fully saturated rings. The zero-order chi connectivity index (χ0) is 32.9. The number of aromatic nitrogens is 4. The Morgan fingerprint density at radius 2 is 1.67 bits per heavy atom. The fourth-order valence-electron chi connectivity index (χ4n) is 7.45. The van der Waals surface area contributed by atoms with Crippen LogP contribution >= 0.6 is 0 Å². The van der Waals surface area contributed by atoms with Gasteiger partial charge in [0.05, 0.1) is 28.3 Å². The highest BCUT2D eigenvalue weighted by molar-refractivity contribution is 6.05. The van der Waals surface area contributed by atoms with Gasteiger partial charge in [-0.1, -0.05) is 55.7 Å². The van der Waals surface area contributed by atoms with Gasteiger partial charge in [0.25, 0.3) is 0 Å². The van der Waals surface area contributed by atoms with Crippen molar-refractivity contribution in [3.8, 4) is 22.4 Å². The van der Waals surface area contributed by atoms with Gasteiger partial charge in [0, 0.05) is 53.5 Å². The lowest BCUT2D eigenvalue weighted by Gasteiger charge is -2.19. The van der Waals surface area contributed by atoms with Crippen LogP contribution in [0.25, 0.3) is 67.9 Å². The van der Waals surface area contributed by atoms with Crippen LogP contribution < -0.4 is 11.5 Å². The Morgan fingerprint density at radius 3 is 2.46 bits per heavy atom. The van der Waals surface area contributed by atoms with Crippen LogP contribution in [-0.2, 0) is 19.3 Å². The van der Waals surface area contributed by atoms with Crippen LogP contribution in [0.2, 0.25) is 0 Å². The van der Waals surface area contributed by atoms with Crippen molar-refractivity contribution in [3.05, 3.63) is 155 Å². The summed E-state index contributed by atoms with van der Waals surface area (Å²) in [5.74, 6) is 0. The Balaban J connectivity index is 1.28. The summed E-state index contributed by atoms with van der Waals surface area (Å²) in [5, 5.41) is 3.29. The number of fused-ring (bicyclic) bond motifs is 6. The molecule has 6 nitrogen and oxygen atoms in total. The maximum absolute atomic E-state index is 6.18. The third-order valence-corrected chi connectivity index (χ3v) is 9.69. The average Bonchev–Trinajstić information content (AvgIpc) is 3.65. The molecular weight excluding hydrogens is 589 g/mol. The molecule has 0 saturated heterocycles. The summed E-state index contributed by atoms with van der Waals surface area (Å²) in [5.41, 5.74) is 28.8. The summed E-state index contributed by atoms with van der Waals surface area (Å²) in [7, 11) is 0. The standard InChI is InChI=1S/C42H34N6/c1-4-28-29(5-2)42(41-20-34-26(23-46-41)19-40-35(34)16-24(3)37(47-40)12-14-43)33-9-7-6-8-31(33)32(28)11-10-30-25(21-44)18-39-36(30)17-27-22-45-15-13-38(27)48-39/h4-10,12-17,20-23H,1-2,11,18-19,43-44H2,3H3/b14-12-,25-21-,30-10+. The van der Waals surface area contributed by atoms with E-state index in [0.29, 0.717) is 12.8 Å². The fourth-order valence-corrected chi connectivity index (χ4v) is 7.45. The molecule has 2 aromatic carbocycles. The molecule has 0 amide bonds. The molecule has 6 heteroatoms. The van der Waals surface area contributed by atoms with E-state index in [2.05, 4.69) is 73.6 Å². The normalized spacial score (nSPS) is 15.0. The highest BCUT2D eigenvalue weighted by atomic mass is 14.8. The first-order chi connectivity index (χ1) is 23.5. The number of benzene rings is 2. The van der Waals surface area contributed by atoms with E-state index in [0.717, 1.165) is 95.4 Å². The minimum absolute atomic E-state index is 0.676. The van der Waals surface area contributed by atoms with Crippen LogP contribution in [0.15, 0.2) is 104 Å². The van der Waals surface area contributed by atoms with E-state index in [4.69, 9.17) is 26.4 Å². The predicted octanol–water partition coefficient (Wildman–Crippen LogP) is 8.36. The Bertz CT molecular complexity index is 2450. The first-order valence-electron chi connectivity index (χ1n) is 16.1. The molecule has 4 N–H and O–H groups in total. The summed E-state index contributed by atoms with van der Waals surface area (Å²) < 4.78 is 0. The van der Waals surface area contributed by atoms with Crippen LogP contribution in [0.4, 0.5) is 0 Å². The molecule has 4 aromatic heterocycles. The molecular formula is C42H34N6. The van der Waals surface area contributed by atoms with Gasteiger partial charge in [-0.15, -0.1) is 0 Å². The first-order valence-corrected chi connectivity index (χ1v) is 16.1. The van der Waals surface area contributed by atoms with Gasteiger partial charge in [-0.2, -0.15) is 0 Å². The number of pyridine rings is 4. The number of nitrogens with zero attached hydrogens (tertiary/aromatic N) is 4. The second kappa shape index (κ2) is 11.6. The molecule has 0 unspecified atom stereocenters. The molecule has 2 aliphatic rings. The zero-order valence-electron chi connectivity index (χ0n) is 26.8. The molecule has 0 radical (unpaired) electrons. The van der Waals surface area contributed by atoms with Gasteiger partial charge >= 0.3 is 0 Å². The van der Waals surface area contributed by atoms with Gasteiger partial charge in [-0.05, 0) is 111 Å². The van der Waals surface area contributed by atoms with Crippen LogP contribution in [0.1, 0.15) is 50.5 Å². The molecule has 0 atom stereocenters. The molecule has 4 heterocycles. The smallest absolute Gasteiger partial charge is 0.0736 e. The largest absolute Gasteiger partial charge is 0.405 e. The molecule has 2 aliphatic carbocycles. The Morgan fingerprint density at radius 1 is 0.854 bits per heavy atom. The van der Waals surface area contributed by atoms with Gasteiger partial charge in [0.2, 0.25) is 0 Å². The lowest BCUT2D eigenvalue weighted by atomic mass is 9.85. The zero-order valence-corrected chi connectivity index (χ0v) is 26.8. The Labute approximate surface area is 279 Å². The lowest BCUT2D eigenvalue weighted by molar-refractivity contribution is 1.09. The number of nitrogens with two attached hydrogens (primary N) is 2. The lowest BCUT2D eigenvalue weighted by Crippen LogP contribution is -2.00. The third kappa shape index (κ3) is 4.56. The average molecular weight is 623 g/mol. The van der Waals surface area contributed by atoms with Crippen LogP contribution in [0.5, 0.6) is 0 Å². The van der Waals surface area contributed by atoms with Crippen molar-refractivity contribution in [2.45, 2.75) is 26.2 Å². The van der Waals surface area contributed by atoms with Crippen LogP contribution in [0, 0.1) is 6.92 Å². The predicted molar refractivity (Wildman–Crippen MR) is 199 cm³/mol. The van der Waals surface area contributed by atoms with E-state index < -0.39 is 0 Å². The molecule has 8 rings (SSSR count). The monoisotopic (exact) mass is 622 g/mol. The maximum atomic E-state index is 6.18. The van der Waals surface area contributed by atoms with E-state index in [1.807, 2.05) is 36.7 Å². The first kappa shape index (κ1) is 29.3. The van der Waals surface area contributed by atoms with E-state index >= 15 is 0 Å². The minimum atomic E-state index is 0.676. The summed E-state index contributed by atoms with van der Waals surface area (Å²) >= 11 is 0. The second-order valence-corrected chi connectivity index (χ2v) is 12.3. The summed E-state index contributed by atoms with van der Waals surface area (Å²) in [6.07, 6.45) is 19.0. The quantitative estimate of drug-likeness (QED) is 0.193. The number of rotatable bonds is 6. The SMILES string of the molecule is C=Cc1c(C=C)c(-c2cc3c(cn2)Cc2nc(/C=C\N)c(C)cc2-3)c2ccccc2c1C/C=C1\C(=C/N)Cc2nc3ccncc3cc21. The highest BCUT2D eigenvalue weighted by Gasteiger charge is 2.26. The van der Waals surface area contributed by atoms with Crippen molar-refractivity contribution in [2.24, 2.45) is 11.5 Å². The maximum Gasteiger partial charge on any atom is 0.0736 e. The number of hydrogen-bond donors (Lipinski definition) is 2. The topological polar surface area (TPSA) is 104 Å². The third-order valence-electron chi connectivity index (χ3n) is 9.69. The van der Waals surface area contributed by atoms with Crippen molar-refractivity contribution in [1.82, 2.24) is 19.9 Å². The Kier molecular flexibility index (Phi) is 7.07. The van der Waals surface area contributed by atoms with E-state index in [-0.39, 0.29) is 0 Å². The van der Waals surface area contributed by atoms with Crippen molar-refractivity contribution in [2.75, 3.05) is 0 Å². The van der Waals surface area contributed by atoms with Gasteiger partial charge in [0.1, 0.15) is 0 Å². The molecule has 0 bridgehead atoms. The van der Waals surface area contributed by atoms with E-state index in [1.54, 1.807) is 18.6 Å². The van der Waals surface area contributed by atoms with E-state index in [9.17, 15) is 0 Å². The number of allylic oxidation sites excluding steroid dienone is 3. The van der Waals surface area contributed by atoms with Gasteiger partial charge < -0.3 is 11.5 Å². The summed E-state index contributed by atoms with van der Waals surface area (Å²) in [6.45, 7) is 10.6. The minimum Gasteiger partial charge on any atom is -0.405 e. The number of hydrogen-bond acceptors (Lipinski definition) is 6. The second-order valence-electron chi connectivity index (χ2n) is 12.3. The number of aryl methyl sites for hydroxylation is 1. The van der Waals surface area contributed by atoms with Crippen LogP contribution in [-0.4, -0.2) is 19.9 Å². The van der Waals surface area contributed by atoms with Crippen molar-refractivity contribution in [1.29, 1.82) is 0 Å². The fraction of sp³-hybridized carbons (Fsp3) is 0.0952. The molecule has 6 aromatic rings. The molecule has 48 heavy (non-hydrogen) atoms. The molecule has 0 saturated carbocycles. The van der Waals surface area contributed by atoms with E-state index in [1.165, 1.54) is 16.7 Å². The highest BCUT2D eigenvalue weighted by Crippen LogP contribution is 2.44. The summed E-state index contributed by atoms with van der Waals surface area (Å²) in [6, 6.07) is 17.1. The molecule has 0 aliphatic heterocycles. The van der Waals surface area contributed by atoms with Gasteiger partial charge in [-0.25, -0.2) is 0 Å². The van der Waals surface area contributed by atoms with Crippen molar-refractivity contribution in [3.63, 3.8) is 0 Å². The molecule has 0 spiro atoms. The molecule has 232 valence electrons. The van der Waals surface area contributed by atoms with Gasteiger partial charge in [-0.3, -0.25) is 19.9 Å².